The van der Waals surface area contributed by atoms with Crippen LogP contribution in [0.1, 0.15) is 17.5 Å². The zero-order valence-corrected chi connectivity index (χ0v) is 12.2. The Morgan fingerprint density at radius 2 is 2.10 bits per heavy atom. The number of anilines is 1. The van der Waals surface area contributed by atoms with E-state index in [0.717, 1.165) is 11.3 Å². The van der Waals surface area contributed by atoms with Crippen LogP contribution in [0.2, 0.25) is 0 Å². The van der Waals surface area contributed by atoms with Gasteiger partial charge in [0, 0.05) is 24.3 Å². The van der Waals surface area contributed by atoms with Crippen LogP contribution in [0.15, 0.2) is 23.4 Å². The SMILES string of the molecule is Cc1ccc(/C(N)=N/O)c(N2CCCS(=O)(=O)CC2)c1. The molecule has 1 fully saturated rings. The van der Waals surface area contributed by atoms with Crippen LogP contribution in [0.5, 0.6) is 0 Å². The highest BCUT2D eigenvalue weighted by Crippen LogP contribution is 2.24. The van der Waals surface area contributed by atoms with Crippen LogP contribution in [0.3, 0.4) is 0 Å². The highest BCUT2D eigenvalue weighted by atomic mass is 32.2. The van der Waals surface area contributed by atoms with E-state index in [1.807, 2.05) is 24.0 Å². The number of amidine groups is 1. The van der Waals surface area contributed by atoms with Crippen molar-refractivity contribution in [2.75, 3.05) is 29.5 Å². The van der Waals surface area contributed by atoms with E-state index < -0.39 is 9.84 Å². The monoisotopic (exact) mass is 297 g/mol. The standard InChI is InChI=1S/C13H19N3O3S/c1-10-3-4-11(13(14)15-17)12(9-10)16-5-2-7-20(18,19)8-6-16/h3-4,9,17H,2,5-8H2,1H3,(H2,14,15). The van der Waals surface area contributed by atoms with Gasteiger partial charge in [-0.3, -0.25) is 0 Å². The molecular formula is C13H19N3O3S. The van der Waals surface area contributed by atoms with Crippen molar-refractivity contribution in [1.29, 1.82) is 0 Å². The molecule has 0 radical (unpaired) electrons. The van der Waals surface area contributed by atoms with E-state index in [9.17, 15) is 8.42 Å². The van der Waals surface area contributed by atoms with Gasteiger partial charge in [-0.15, -0.1) is 0 Å². The lowest BCUT2D eigenvalue weighted by Gasteiger charge is -2.25. The Balaban J connectivity index is 2.38. The highest BCUT2D eigenvalue weighted by molar-refractivity contribution is 7.91. The Labute approximate surface area is 118 Å². The van der Waals surface area contributed by atoms with Gasteiger partial charge in [0.2, 0.25) is 0 Å². The van der Waals surface area contributed by atoms with Gasteiger partial charge in [-0.05, 0) is 31.0 Å². The summed E-state index contributed by atoms with van der Waals surface area (Å²) >= 11 is 0. The summed E-state index contributed by atoms with van der Waals surface area (Å²) in [4.78, 5) is 1.99. The van der Waals surface area contributed by atoms with E-state index in [2.05, 4.69) is 5.16 Å². The van der Waals surface area contributed by atoms with Gasteiger partial charge in [-0.1, -0.05) is 11.2 Å². The second-order valence-electron chi connectivity index (χ2n) is 5.00. The van der Waals surface area contributed by atoms with Crippen LogP contribution >= 0.6 is 0 Å². The van der Waals surface area contributed by atoms with Gasteiger partial charge in [0.15, 0.2) is 15.7 Å². The normalized spacial score (nSPS) is 19.6. The predicted octanol–water partition coefficient (Wildman–Crippen LogP) is 0.714. The van der Waals surface area contributed by atoms with Gasteiger partial charge in [0.05, 0.1) is 11.5 Å². The van der Waals surface area contributed by atoms with Crippen molar-refractivity contribution in [2.45, 2.75) is 13.3 Å². The van der Waals surface area contributed by atoms with Crippen molar-refractivity contribution in [3.05, 3.63) is 29.3 Å². The summed E-state index contributed by atoms with van der Waals surface area (Å²) in [7, 11) is -2.96. The van der Waals surface area contributed by atoms with E-state index in [4.69, 9.17) is 10.9 Å². The van der Waals surface area contributed by atoms with Crippen LogP contribution in [0, 0.1) is 6.92 Å². The third-order valence-electron chi connectivity index (χ3n) is 3.43. The predicted molar refractivity (Wildman–Crippen MR) is 79.2 cm³/mol. The molecule has 0 unspecified atom stereocenters. The second kappa shape index (κ2) is 5.70. The largest absolute Gasteiger partial charge is 0.409 e. The van der Waals surface area contributed by atoms with Crippen LogP contribution in [-0.4, -0.2) is 44.1 Å². The molecule has 0 atom stereocenters. The van der Waals surface area contributed by atoms with E-state index in [0.29, 0.717) is 25.1 Å². The lowest BCUT2D eigenvalue weighted by molar-refractivity contribution is 0.318. The average Bonchev–Trinajstić information content (AvgIpc) is 2.58. The molecule has 110 valence electrons. The molecule has 0 aromatic heterocycles. The van der Waals surface area contributed by atoms with Crippen molar-refractivity contribution in [3.63, 3.8) is 0 Å². The van der Waals surface area contributed by atoms with Crippen molar-refractivity contribution >= 4 is 21.4 Å². The minimum Gasteiger partial charge on any atom is -0.409 e. The summed E-state index contributed by atoms with van der Waals surface area (Å²) in [5.74, 6) is 0.386. The first kappa shape index (κ1) is 14.6. The molecule has 0 saturated carbocycles. The van der Waals surface area contributed by atoms with E-state index in [1.165, 1.54) is 0 Å². The first-order valence-electron chi connectivity index (χ1n) is 6.47. The molecule has 20 heavy (non-hydrogen) atoms. The summed E-state index contributed by atoms with van der Waals surface area (Å²) in [6.45, 7) is 3.03. The molecule has 7 heteroatoms. The molecule has 0 bridgehead atoms. The molecule has 1 saturated heterocycles. The van der Waals surface area contributed by atoms with Crippen molar-refractivity contribution in [2.24, 2.45) is 10.9 Å². The lowest BCUT2D eigenvalue weighted by Crippen LogP contribution is -2.29. The molecular weight excluding hydrogens is 278 g/mol. The summed E-state index contributed by atoms with van der Waals surface area (Å²) in [6, 6.07) is 5.61. The Bertz CT molecular complexity index is 626. The van der Waals surface area contributed by atoms with Crippen molar-refractivity contribution < 1.29 is 13.6 Å². The van der Waals surface area contributed by atoms with Gasteiger partial charge < -0.3 is 15.8 Å². The lowest BCUT2D eigenvalue weighted by atomic mass is 10.1. The molecule has 2 rings (SSSR count). The minimum absolute atomic E-state index is 0.0344. The molecule has 1 aliphatic heterocycles. The fraction of sp³-hybridized carbons (Fsp3) is 0.462. The van der Waals surface area contributed by atoms with Crippen LogP contribution in [0.25, 0.3) is 0 Å². The van der Waals surface area contributed by atoms with E-state index in [1.54, 1.807) is 6.07 Å². The minimum atomic E-state index is -2.96. The Kier molecular flexibility index (Phi) is 4.17. The first-order valence-corrected chi connectivity index (χ1v) is 8.29. The number of benzene rings is 1. The van der Waals surface area contributed by atoms with Gasteiger partial charge >= 0.3 is 0 Å². The molecule has 1 aromatic carbocycles. The third-order valence-corrected chi connectivity index (χ3v) is 5.15. The smallest absolute Gasteiger partial charge is 0.172 e. The van der Waals surface area contributed by atoms with E-state index in [-0.39, 0.29) is 17.3 Å². The van der Waals surface area contributed by atoms with Crippen LogP contribution in [0.4, 0.5) is 5.69 Å². The molecule has 3 N–H and O–H groups in total. The maximum atomic E-state index is 11.7. The van der Waals surface area contributed by atoms with Crippen molar-refractivity contribution in [3.8, 4) is 0 Å². The van der Waals surface area contributed by atoms with Gasteiger partial charge in [-0.25, -0.2) is 8.42 Å². The fourth-order valence-electron chi connectivity index (χ4n) is 2.35. The summed E-state index contributed by atoms with van der Waals surface area (Å²) in [5, 5.41) is 11.9. The number of sulfone groups is 1. The summed E-state index contributed by atoms with van der Waals surface area (Å²) in [5.41, 5.74) is 8.18. The number of nitrogens with zero attached hydrogens (tertiary/aromatic N) is 2. The van der Waals surface area contributed by atoms with Gasteiger partial charge in [0.25, 0.3) is 0 Å². The molecule has 1 aliphatic rings. The molecule has 6 nitrogen and oxygen atoms in total. The van der Waals surface area contributed by atoms with Crippen molar-refractivity contribution in [1.82, 2.24) is 0 Å². The molecule has 1 heterocycles. The summed E-state index contributed by atoms with van der Waals surface area (Å²) in [6.07, 6.45) is 0.589. The van der Waals surface area contributed by atoms with Gasteiger partial charge in [0.1, 0.15) is 0 Å². The summed E-state index contributed by atoms with van der Waals surface area (Å²) < 4.78 is 23.3. The molecule has 0 spiro atoms. The first-order chi connectivity index (χ1) is 9.43. The van der Waals surface area contributed by atoms with E-state index >= 15 is 0 Å². The topological polar surface area (TPSA) is 96.0 Å². The maximum Gasteiger partial charge on any atom is 0.172 e. The number of nitrogens with two attached hydrogens (primary N) is 1. The zero-order valence-electron chi connectivity index (χ0n) is 11.4. The number of hydrogen-bond acceptors (Lipinski definition) is 5. The fourth-order valence-corrected chi connectivity index (χ4v) is 3.62. The number of hydrogen-bond donors (Lipinski definition) is 2. The molecule has 0 aliphatic carbocycles. The second-order valence-corrected chi connectivity index (χ2v) is 7.30. The number of oxime groups is 1. The highest BCUT2D eigenvalue weighted by Gasteiger charge is 2.21. The Hall–Kier alpha value is -1.76. The zero-order chi connectivity index (χ0) is 14.8. The van der Waals surface area contributed by atoms with Gasteiger partial charge in [-0.2, -0.15) is 0 Å². The third kappa shape index (κ3) is 3.22. The Morgan fingerprint density at radius 1 is 1.35 bits per heavy atom. The maximum absolute atomic E-state index is 11.7. The molecule has 1 aromatic rings. The van der Waals surface area contributed by atoms with Crippen LogP contribution < -0.4 is 10.6 Å². The Morgan fingerprint density at radius 3 is 2.80 bits per heavy atom. The molecule has 0 amide bonds. The quantitative estimate of drug-likeness (QED) is 0.363. The average molecular weight is 297 g/mol. The number of rotatable bonds is 2. The van der Waals surface area contributed by atoms with Crippen LogP contribution in [-0.2, 0) is 9.84 Å². The number of aryl methyl sites for hydroxylation is 1.